The summed E-state index contributed by atoms with van der Waals surface area (Å²) in [6, 6.07) is 4.11. The zero-order valence-corrected chi connectivity index (χ0v) is 12.0. The maximum atomic E-state index is 11.5. The third kappa shape index (κ3) is 2.39. The van der Waals surface area contributed by atoms with Gasteiger partial charge in [-0.2, -0.15) is 0 Å². The van der Waals surface area contributed by atoms with E-state index in [1.165, 1.54) is 10.3 Å². The number of carboxylic acid groups (broad SMARTS) is 1. The summed E-state index contributed by atoms with van der Waals surface area (Å²) in [4.78, 5) is 22.6. The SMILES string of the molecule is Cc1cc(C)c(Cn2oc(=O)c(C(=O)O)c2C)c(C)c1. The summed E-state index contributed by atoms with van der Waals surface area (Å²) >= 11 is 0. The van der Waals surface area contributed by atoms with Crippen molar-refractivity contribution < 1.29 is 14.4 Å². The molecule has 0 bridgehead atoms. The van der Waals surface area contributed by atoms with Crippen LogP contribution in [0.1, 0.15) is 38.3 Å². The number of aromatic nitrogens is 1. The first-order valence-corrected chi connectivity index (χ1v) is 6.32. The predicted molar refractivity (Wildman–Crippen MR) is 74.4 cm³/mol. The van der Waals surface area contributed by atoms with E-state index in [1.54, 1.807) is 6.92 Å². The van der Waals surface area contributed by atoms with Crippen LogP contribution in [-0.4, -0.2) is 15.8 Å². The molecule has 0 atom stereocenters. The number of benzene rings is 1. The number of hydrogen-bond acceptors (Lipinski definition) is 3. The van der Waals surface area contributed by atoms with Crippen LogP contribution in [0.15, 0.2) is 21.5 Å². The van der Waals surface area contributed by atoms with E-state index in [9.17, 15) is 9.59 Å². The Morgan fingerprint density at radius 2 is 1.75 bits per heavy atom. The van der Waals surface area contributed by atoms with E-state index in [0.29, 0.717) is 12.2 Å². The average Bonchev–Trinajstić information content (AvgIpc) is 2.58. The smallest absolute Gasteiger partial charge is 0.372 e. The minimum absolute atomic E-state index is 0.299. The molecule has 0 spiro atoms. The third-order valence-corrected chi connectivity index (χ3v) is 3.49. The van der Waals surface area contributed by atoms with Crippen molar-refractivity contribution in [3.63, 3.8) is 0 Å². The predicted octanol–water partition coefficient (Wildman–Crippen LogP) is 2.42. The molecule has 0 aliphatic carbocycles. The van der Waals surface area contributed by atoms with Gasteiger partial charge in [0.1, 0.15) is 0 Å². The molecule has 20 heavy (non-hydrogen) atoms. The van der Waals surface area contributed by atoms with Crippen molar-refractivity contribution >= 4 is 5.97 Å². The standard InChI is InChI=1S/C15H17NO4/c1-8-5-9(2)12(10(3)6-8)7-16-11(4)13(14(17)18)15(19)20-16/h5-6H,7H2,1-4H3,(H,17,18). The summed E-state index contributed by atoms with van der Waals surface area (Å²) in [6.07, 6.45) is 0. The third-order valence-electron chi connectivity index (χ3n) is 3.49. The van der Waals surface area contributed by atoms with Crippen LogP contribution >= 0.6 is 0 Å². The van der Waals surface area contributed by atoms with Gasteiger partial charge in [-0.1, -0.05) is 17.7 Å². The summed E-state index contributed by atoms with van der Waals surface area (Å²) in [6.45, 7) is 7.93. The first-order valence-electron chi connectivity index (χ1n) is 6.32. The lowest BCUT2D eigenvalue weighted by molar-refractivity contribution is 0.0693. The van der Waals surface area contributed by atoms with Crippen molar-refractivity contribution in [1.82, 2.24) is 4.74 Å². The van der Waals surface area contributed by atoms with Crippen molar-refractivity contribution in [2.45, 2.75) is 34.2 Å². The lowest BCUT2D eigenvalue weighted by atomic mass is 10.00. The average molecular weight is 275 g/mol. The Kier molecular flexibility index (Phi) is 3.53. The number of aromatic carboxylic acids is 1. The van der Waals surface area contributed by atoms with E-state index in [2.05, 4.69) is 12.1 Å². The molecule has 1 N–H and O–H groups in total. The number of nitrogens with zero attached hydrogens (tertiary/aromatic N) is 1. The summed E-state index contributed by atoms with van der Waals surface area (Å²) in [5, 5.41) is 9.00. The normalized spacial score (nSPS) is 10.8. The van der Waals surface area contributed by atoms with Gasteiger partial charge in [0.05, 0.1) is 12.2 Å². The van der Waals surface area contributed by atoms with Gasteiger partial charge in [0, 0.05) is 0 Å². The second-order valence-electron chi connectivity index (χ2n) is 5.06. The Labute approximate surface area is 116 Å². The van der Waals surface area contributed by atoms with Crippen molar-refractivity contribution in [3.8, 4) is 0 Å². The fraction of sp³-hybridized carbons (Fsp3) is 0.333. The summed E-state index contributed by atoms with van der Waals surface area (Å²) in [5.41, 5.74) is 3.62. The fourth-order valence-corrected chi connectivity index (χ4v) is 2.48. The van der Waals surface area contributed by atoms with Gasteiger partial charge in [-0.15, -0.1) is 0 Å². The van der Waals surface area contributed by atoms with Gasteiger partial charge in [0.15, 0.2) is 5.56 Å². The molecule has 5 nitrogen and oxygen atoms in total. The maximum Gasteiger partial charge on any atom is 0.372 e. The fourth-order valence-electron chi connectivity index (χ4n) is 2.48. The second-order valence-corrected chi connectivity index (χ2v) is 5.06. The van der Waals surface area contributed by atoms with Crippen molar-refractivity contribution in [2.75, 3.05) is 0 Å². The highest BCUT2D eigenvalue weighted by atomic mass is 16.5. The van der Waals surface area contributed by atoms with Crippen LogP contribution in [0.25, 0.3) is 0 Å². The lowest BCUT2D eigenvalue weighted by Gasteiger charge is -2.12. The molecule has 0 aliphatic rings. The van der Waals surface area contributed by atoms with Crippen molar-refractivity contribution in [3.05, 3.63) is 56.1 Å². The highest BCUT2D eigenvalue weighted by Gasteiger charge is 2.20. The van der Waals surface area contributed by atoms with Crippen LogP contribution in [-0.2, 0) is 6.54 Å². The zero-order valence-electron chi connectivity index (χ0n) is 12.0. The Morgan fingerprint density at radius 3 is 2.20 bits per heavy atom. The molecule has 2 rings (SSSR count). The first-order chi connectivity index (χ1) is 9.31. The monoisotopic (exact) mass is 275 g/mol. The van der Waals surface area contributed by atoms with Gasteiger partial charge in [-0.3, -0.25) is 0 Å². The molecular formula is C15H17NO4. The minimum Gasteiger partial charge on any atom is -0.477 e. The van der Waals surface area contributed by atoms with Crippen LogP contribution in [0.4, 0.5) is 0 Å². The number of carbonyl (C=O) groups is 1. The van der Waals surface area contributed by atoms with Crippen LogP contribution in [0.2, 0.25) is 0 Å². The summed E-state index contributed by atoms with van der Waals surface area (Å²) in [5.74, 6) is -1.26. The van der Waals surface area contributed by atoms with E-state index >= 15 is 0 Å². The quantitative estimate of drug-likeness (QED) is 0.933. The Bertz CT molecular complexity index is 714. The van der Waals surface area contributed by atoms with Gasteiger partial charge in [-0.05, 0) is 44.4 Å². The van der Waals surface area contributed by atoms with E-state index < -0.39 is 11.6 Å². The molecule has 0 radical (unpaired) electrons. The molecule has 5 heteroatoms. The van der Waals surface area contributed by atoms with Crippen molar-refractivity contribution in [1.29, 1.82) is 0 Å². The van der Waals surface area contributed by atoms with E-state index in [1.807, 2.05) is 20.8 Å². The molecule has 0 aliphatic heterocycles. The zero-order chi connectivity index (χ0) is 15.0. The van der Waals surface area contributed by atoms with Gasteiger partial charge in [-0.25, -0.2) is 14.3 Å². The Balaban J connectivity index is 2.49. The minimum atomic E-state index is -1.26. The Hall–Kier alpha value is -2.30. The molecule has 1 aromatic heterocycles. The van der Waals surface area contributed by atoms with Crippen LogP contribution in [0.3, 0.4) is 0 Å². The molecule has 2 aromatic rings. The molecule has 0 fully saturated rings. The number of rotatable bonds is 3. The molecule has 0 saturated heterocycles. The highest BCUT2D eigenvalue weighted by molar-refractivity contribution is 5.88. The molecule has 0 saturated carbocycles. The summed E-state index contributed by atoms with van der Waals surface area (Å²) in [7, 11) is 0. The van der Waals surface area contributed by atoms with E-state index in [0.717, 1.165) is 16.7 Å². The largest absolute Gasteiger partial charge is 0.477 e. The number of aryl methyl sites for hydroxylation is 3. The van der Waals surface area contributed by atoms with Crippen LogP contribution in [0, 0.1) is 27.7 Å². The number of hydrogen-bond donors (Lipinski definition) is 1. The molecule has 1 heterocycles. The maximum absolute atomic E-state index is 11.5. The molecular weight excluding hydrogens is 258 g/mol. The molecule has 106 valence electrons. The van der Waals surface area contributed by atoms with Gasteiger partial charge in [0.2, 0.25) is 0 Å². The van der Waals surface area contributed by atoms with Crippen LogP contribution in [0.5, 0.6) is 0 Å². The van der Waals surface area contributed by atoms with E-state index in [4.69, 9.17) is 9.63 Å². The van der Waals surface area contributed by atoms with Crippen molar-refractivity contribution in [2.24, 2.45) is 0 Å². The topological polar surface area (TPSA) is 72.4 Å². The molecule has 0 unspecified atom stereocenters. The Morgan fingerprint density at radius 1 is 1.20 bits per heavy atom. The van der Waals surface area contributed by atoms with Gasteiger partial charge < -0.3 is 9.63 Å². The van der Waals surface area contributed by atoms with E-state index in [-0.39, 0.29) is 5.56 Å². The molecule has 1 aromatic carbocycles. The van der Waals surface area contributed by atoms with Crippen LogP contribution < -0.4 is 5.63 Å². The van der Waals surface area contributed by atoms with Gasteiger partial charge in [0.25, 0.3) is 0 Å². The highest BCUT2D eigenvalue weighted by Crippen LogP contribution is 2.18. The first kappa shape index (κ1) is 14.1. The summed E-state index contributed by atoms with van der Waals surface area (Å²) < 4.78 is 6.37. The second kappa shape index (κ2) is 5.00. The molecule has 0 amide bonds. The lowest BCUT2D eigenvalue weighted by Crippen LogP contribution is -2.10. The van der Waals surface area contributed by atoms with Gasteiger partial charge >= 0.3 is 11.6 Å². The number of carboxylic acids is 1.